The second kappa shape index (κ2) is 9.79. The van der Waals surface area contributed by atoms with Gasteiger partial charge in [-0.1, -0.05) is 97.1 Å². The SMILES string of the molecule is c1ccc(-c2cc(-c3ccccc3)cc(-n3c4ccccc4c4cc5c6ncccc6n(-c6ccccc6)c5nc43)c2)cc1. The molecular formula is C40H26N4. The van der Waals surface area contributed by atoms with Crippen LogP contribution in [0.4, 0.5) is 0 Å². The minimum Gasteiger partial charge on any atom is -0.294 e. The van der Waals surface area contributed by atoms with E-state index in [-0.39, 0.29) is 0 Å². The van der Waals surface area contributed by atoms with Gasteiger partial charge in [0.1, 0.15) is 11.3 Å². The molecule has 0 amide bonds. The topological polar surface area (TPSA) is 35.6 Å². The van der Waals surface area contributed by atoms with Crippen molar-refractivity contribution in [2.24, 2.45) is 0 Å². The average molecular weight is 563 g/mol. The Labute approximate surface area is 254 Å². The molecule has 4 aromatic heterocycles. The molecule has 0 aliphatic heterocycles. The number of aromatic nitrogens is 4. The molecule has 0 N–H and O–H groups in total. The summed E-state index contributed by atoms with van der Waals surface area (Å²) in [4.78, 5) is 10.3. The fourth-order valence-electron chi connectivity index (χ4n) is 6.55. The molecule has 9 rings (SSSR count). The van der Waals surface area contributed by atoms with Crippen molar-refractivity contribution in [1.82, 2.24) is 19.1 Å². The number of para-hydroxylation sites is 2. The smallest absolute Gasteiger partial charge is 0.149 e. The van der Waals surface area contributed by atoms with E-state index in [0.29, 0.717) is 0 Å². The molecule has 5 aromatic carbocycles. The van der Waals surface area contributed by atoms with Crippen LogP contribution in [0.1, 0.15) is 0 Å². The molecule has 4 nitrogen and oxygen atoms in total. The Balaban J connectivity index is 1.41. The Morgan fingerprint density at radius 2 is 0.955 bits per heavy atom. The summed E-state index contributed by atoms with van der Waals surface area (Å²) in [5.74, 6) is 0. The van der Waals surface area contributed by atoms with Crippen molar-refractivity contribution in [1.29, 1.82) is 0 Å². The van der Waals surface area contributed by atoms with Crippen LogP contribution in [-0.2, 0) is 0 Å². The highest BCUT2D eigenvalue weighted by molar-refractivity contribution is 6.15. The third-order valence-electron chi connectivity index (χ3n) is 8.53. The third kappa shape index (κ3) is 3.78. The highest BCUT2D eigenvalue weighted by atomic mass is 15.1. The van der Waals surface area contributed by atoms with Crippen molar-refractivity contribution >= 4 is 44.0 Å². The van der Waals surface area contributed by atoms with Crippen molar-refractivity contribution in [3.63, 3.8) is 0 Å². The van der Waals surface area contributed by atoms with E-state index in [0.717, 1.165) is 61.1 Å². The predicted molar refractivity (Wildman–Crippen MR) is 182 cm³/mol. The quantitative estimate of drug-likeness (QED) is 0.214. The van der Waals surface area contributed by atoms with E-state index in [9.17, 15) is 0 Å². The van der Waals surface area contributed by atoms with Crippen LogP contribution in [0.5, 0.6) is 0 Å². The second-order valence-electron chi connectivity index (χ2n) is 11.1. The first-order valence-corrected chi connectivity index (χ1v) is 14.8. The first-order valence-electron chi connectivity index (χ1n) is 14.8. The van der Waals surface area contributed by atoms with E-state index in [1.165, 1.54) is 16.5 Å². The Bertz CT molecular complexity index is 2420. The van der Waals surface area contributed by atoms with E-state index in [1.54, 1.807) is 0 Å². The molecule has 4 heterocycles. The van der Waals surface area contributed by atoms with E-state index < -0.39 is 0 Å². The highest BCUT2D eigenvalue weighted by Crippen LogP contribution is 2.39. The number of nitrogens with zero attached hydrogens (tertiary/aromatic N) is 4. The zero-order valence-corrected chi connectivity index (χ0v) is 23.8. The van der Waals surface area contributed by atoms with Gasteiger partial charge in [-0.2, -0.15) is 0 Å². The lowest BCUT2D eigenvalue weighted by Crippen LogP contribution is -1.99. The number of rotatable bonds is 4. The van der Waals surface area contributed by atoms with Gasteiger partial charge in [0, 0.05) is 33.7 Å². The number of fused-ring (bicyclic) bond motifs is 6. The van der Waals surface area contributed by atoms with Gasteiger partial charge in [0.25, 0.3) is 0 Å². The molecule has 4 heteroatoms. The van der Waals surface area contributed by atoms with Gasteiger partial charge in [0.2, 0.25) is 0 Å². The van der Waals surface area contributed by atoms with Gasteiger partial charge in [0.15, 0.2) is 0 Å². The normalized spacial score (nSPS) is 11.6. The lowest BCUT2D eigenvalue weighted by Gasteiger charge is -2.14. The van der Waals surface area contributed by atoms with Gasteiger partial charge < -0.3 is 0 Å². The van der Waals surface area contributed by atoms with Gasteiger partial charge in [0.05, 0.1) is 16.6 Å². The Morgan fingerprint density at radius 1 is 0.386 bits per heavy atom. The average Bonchev–Trinajstić information content (AvgIpc) is 3.60. The molecule has 44 heavy (non-hydrogen) atoms. The van der Waals surface area contributed by atoms with Crippen LogP contribution < -0.4 is 0 Å². The summed E-state index contributed by atoms with van der Waals surface area (Å²) in [6, 6.07) is 53.5. The summed E-state index contributed by atoms with van der Waals surface area (Å²) in [5, 5.41) is 3.32. The van der Waals surface area contributed by atoms with Crippen molar-refractivity contribution < 1.29 is 0 Å². The van der Waals surface area contributed by atoms with Gasteiger partial charge in [-0.3, -0.25) is 14.1 Å². The molecule has 0 aliphatic carbocycles. The van der Waals surface area contributed by atoms with Crippen LogP contribution >= 0.6 is 0 Å². The highest BCUT2D eigenvalue weighted by Gasteiger charge is 2.20. The second-order valence-corrected chi connectivity index (χ2v) is 11.1. The van der Waals surface area contributed by atoms with Crippen LogP contribution in [0, 0.1) is 0 Å². The van der Waals surface area contributed by atoms with Gasteiger partial charge in [-0.15, -0.1) is 0 Å². The summed E-state index contributed by atoms with van der Waals surface area (Å²) in [7, 11) is 0. The molecular weight excluding hydrogens is 536 g/mol. The number of hydrogen-bond acceptors (Lipinski definition) is 2. The van der Waals surface area contributed by atoms with Gasteiger partial charge in [-0.25, -0.2) is 4.98 Å². The molecule has 0 spiro atoms. The molecule has 0 fully saturated rings. The zero-order valence-electron chi connectivity index (χ0n) is 23.8. The first-order chi connectivity index (χ1) is 21.8. The lowest BCUT2D eigenvalue weighted by atomic mass is 9.98. The van der Waals surface area contributed by atoms with Crippen LogP contribution in [0.2, 0.25) is 0 Å². The van der Waals surface area contributed by atoms with E-state index in [4.69, 9.17) is 9.97 Å². The Hall–Kier alpha value is -6.00. The Kier molecular flexibility index (Phi) is 5.47. The fraction of sp³-hybridized carbons (Fsp3) is 0. The monoisotopic (exact) mass is 562 g/mol. The van der Waals surface area contributed by atoms with Crippen molar-refractivity contribution in [2.75, 3.05) is 0 Å². The summed E-state index contributed by atoms with van der Waals surface area (Å²) in [5.41, 5.74) is 11.7. The molecule has 0 saturated carbocycles. The maximum atomic E-state index is 5.50. The standard InChI is InChI=1S/C40H26N4/c1-4-13-27(14-5-1)29-23-30(28-15-6-2-7-16-28)25-32(24-29)44-36-20-11-10-19-33(36)34-26-35-38-37(21-12-22-41-38)43(40(35)42-39(34)44)31-17-8-3-9-18-31/h1-26H. The molecule has 206 valence electrons. The van der Waals surface area contributed by atoms with Crippen LogP contribution in [0.25, 0.3) is 77.6 Å². The Morgan fingerprint density at radius 3 is 1.66 bits per heavy atom. The molecule has 9 aromatic rings. The van der Waals surface area contributed by atoms with Crippen LogP contribution in [0.3, 0.4) is 0 Å². The van der Waals surface area contributed by atoms with Crippen LogP contribution in [-0.4, -0.2) is 19.1 Å². The molecule has 0 aliphatic rings. The molecule has 0 bridgehead atoms. The molecule has 0 atom stereocenters. The molecule has 0 saturated heterocycles. The van der Waals surface area contributed by atoms with Crippen molar-refractivity contribution in [2.45, 2.75) is 0 Å². The summed E-state index contributed by atoms with van der Waals surface area (Å²) in [6.07, 6.45) is 1.87. The fourth-order valence-corrected chi connectivity index (χ4v) is 6.55. The summed E-state index contributed by atoms with van der Waals surface area (Å²) in [6.45, 7) is 0. The minimum absolute atomic E-state index is 0.893. The summed E-state index contributed by atoms with van der Waals surface area (Å²) < 4.78 is 4.55. The lowest BCUT2D eigenvalue weighted by molar-refractivity contribution is 1.11. The third-order valence-corrected chi connectivity index (χ3v) is 8.53. The molecule has 0 unspecified atom stereocenters. The number of pyridine rings is 2. The maximum Gasteiger partial charge on any atom is 0.149 e. The zero-order chi connectivity index (χ0) is 29.0. The van der Waals surface area contributed by atoms with Crippen molar-refractivity contribution in [3.8, 4) is 33.6 Å². The van der Waals surface area contributed by atoms with Gasteiger partial charge >= 0.3 is 0 Å². The van der Waals surface area contributed by atoms with Crippen LogP contribution in [0.15, 0.2) is 158 Å². The van der Waals surface area contributed by atoms with E-state index >= 15 is 0 Å². The molecule has 0 radical (unpaired) electrons. The minimum atomic E-state index is 0.893. The van der Waals surface area contributed by atoms with E-state index in [1.807, 2.05) is 18.3 Å². The number of hydrogen-bond donors (Lipinski definition) is 0. The number of benzene rings is 5. The van der Waals surface area contributed by atoms with E-state index in [2.05, 4.69) is 149 Å². The predicted octanol–water partition coefficient (Wildman–Crippen LogP) is 10.0. The summed E-state index contributed by atoms with van der Waals surface area (Å²) >= 11 is 0. The largest absolute Gasteiger partial charge is 0.294 e. The first kappa shape index (κ1) is 24.6. The van der Waals surface area contributed by atoms with Gasteiger partial charge in [-0.05, 0) is 76.9 Å². The van der Waals surface area contributed by atoms with Crippen molar-refractivity contribution in [3.05, 3.63) is 158 Å². The maximum absolute atomic E-state index is 5.50.